The van der Waals surface area contributed by atoms with Crippen molar-refractivity contribution >= 4 is 0 Å². The van der Waals surface area contributed by atoms with Gasteiger partial charge in [-0.1, -0.05) is 19.9 Å². The van der Waals surface area contributed by atoms with Gasteiger partial charge in [0.05, 0.1) is 0 Å². The Hall–Kier alpha value is -1.06. The van der Waals surface area contributed by atoms with Crippen LogP contribution in [0, 0.1) is 0 Å². The molecule has 1 heterocycles. The minimum absolute atomic E-state index is 0.0187. The molecule has 0 bridgehead atoms. The Balaban J connectivity index is 2.76. The Morgan fingerprint density at radius 3 is 2.53 bits per heavy atom. The molecule has 0 aromatic carbocycles. The zero-order valence-corrected chi connectivity index (χ0v) is 8.80. The largest absolute Gasteiger partial charge is 0.389 e. The second kappa shape index (κ2) is 4.64. The Labute approximate surface area is 87.3 Å². The molecule has 1 nitrogen and oxygen atoms in total. The van der Waals surface area contributed by atoms with Gasteiger partial charge in [-0.3, -0.25) is 4.98 Å². The highest BCUT2D eigenvalue weighted by atomic mass is 19.4. The number of hydrogen-bond acceptors (Lipinski definition) is 1. The normalized spacial score (nSPS) is 12.1. The maximum absolute atomic E-state index is 12.1. The maximum Gasteiger partial charge on any atom is 0.389 e. The molecular weight excluding hydrogens is 203 g/mol. The Morgan fingerprint density at radius 2 is 2.00 bits per heavy atom. The molecule has 0 atom stereocenters. The number of hydrogen-bond donors (Lipinski definition) is 0. The third-order valence-electron chi connectivity index (χ3n) is 2.15. The van der Waals surface area contributed by atoms with Gasteiger partial charge >= 0.3 is 6.18 Å². The van der Waals surface area contributed by atoms with Crippen molar-refractivity contribution in [3.63, 3.8) is 0 Å². The van der Waals surface area contributed by atoms with Crippen LogP contribution < -0.4 is 0 Å². The molecule has 0 aliphatic rings. The molecule has 0 saturated carbocycles. The van der Waals surface area contributed by atoms with Crippen LogP contribution >= 0.6 is 0 Å². The quantitative estimate of drug-likeness (QED) is 0.752. The fraction of sp³-hybridized carbons (Fsp3) is 0.545. The third-order valence-corrected chi connectivity index (χ3v) is 2.15. The Bertz CT molecular complexity index is 318. The van der Waals surface area contributed by atoms with Gasteiger partial charge in [0.1, 0.15) is 0 Å². The SMILES string of the molecule is CC(C)c1ncccc1CCC(F)(F)F. The second-order valence-corrected chi connectivity index (χ2v) is 3.82. The molecule has 1 rings (SSSR count). The first-order valence-corrected chi connectivity index (χ1v) is 4.90. The zero-order chi connectivity index (χ0) is 11.5. The van der Waals surface area contributed by atoms with Gasteiger partial charge in [0.2, 0.25) is 0 Å². The van der Waals surface area contributed by atoms with Crippen LogP contribution in [-0.2, 0) is 6.42 Å². The van der Waals surface area contributed by atoms with Crippen molar-refractivity contribution in [1.82, 2.24) is 4.98 Å². The first-order valence-electron chi connectivity index (χ1n) is 4.90. The van der Waals surface area contributed by atoms with E-state index in [9.17, 15) is 13.2 Å². The van der Waals surface area contributed by atoms with Gasteiger partial charge in [-0.05, 0) is 24.0 Å². The summed E-state index contributed by atoms with van der Waals surface area (Å²) in [6.07, 6.45) is -3.24. The number of halogens is 3. The molecule has 0 radical (unpaired) electrons. The van der Waals surface area contributed by atoms with Crippen LogP contribution in [0.25, 0.3) is 0 Å². The van der Waals surface area contributed by atoms with E-state index in [0.29, 0.717) is 5.56 Å². The van der Waals surface area contributed by atoms with Crippen LogP contribution in [-0.4, -0.2) is 11.2 Å². The van der Waals surface area contributed by atoms with Crippen LogP contribution in [0.5, 0.6) is 0 Å². The summed E-state index contributed by atoms with van der Waals surface area (Å²) in [5.41, 5.74) is 1.46. The summed E-state index contributed by atoms with van der Waals surface area (Å²) in [6.45, 7) is 3.86. The summed E-state index contributed by atoms with van der Waals surface area (Å²) in [7, 11) is 0. The highest BCUT2D eigenvalue weighted by Crippen LogP contribution is 2.24. The van der Waals surface area contributed by atoms with E-state index in [1.54, 1.807) is 18.3 Å². The van der Waals surface area contributed by atoms with Gasteiger partial charge in [-0.2, -0.15) is 13.2 Å². The number of alkyl halides is 3. The summed E-state index contributed by atoms with van der Waals surface area (Å²) < 4.78 is 36.2. The van der Waals surface area contributed by atoms with Crippen molar-refractivity contribution in [1.29, 1.82) is 0 Å². The Morgan fingerprint density at radius 1 is 1.33 bits per heavy atom. The molecule has 0 amide bonds. The van der Waals surface area contributed by atoms with Gasteiger partial charge in [0.25, 0.3) is 0 Å². The van der Waals surface area contributed by atoms with E-state index in [2.05, 4.69) is 4.98 Å². The average Bonchev–Trinajstić information content (AvgIpc) is 2.14. The topological polar surface area (TPSA) is 12.9 Å². The molecule has 4 heteroatoms. The zero-order valence-electron chi connectivity index (χ0n) is 8.80. The number of pyridine rings is 1. The molecule has 1 aromatic heterocycles. The predicted octanol–water partition coefficient (Wildman–Crippen LogP) is 3.70. The minimum atomic E-state index is -4.09. The van der Waals surface area contributed by atoms with E-state index in [-0.39, 0.29) is 12.3 Å². The van der Waals surface area contributed by atoms with E-state index >= 15 is 0 Å². The molecule has 0 aliphatic carbocycles. The Kier molecular flexibility index (Phi) is 3.72. The van der Waals surface area contributed by atoms with Crippen molar-refractivity contribution in [2.24, 2.45) is 0 Å². The lowest BCUT2D eigenvalue weighted by atomic mass is 10.0. The number of rotatable bonds is 3. The van der Waals surface area contributed by atoms with Crippen LogP contribution in [0.1, 0.15) is 37.4 Å². The van der Waals surface area contributed by atoms with Crippen LogP contribution in [0.4, 0.5) is 13.2 Å². The van der Waals surface area contributed by atoms with Crippen molar-refractivity contribution in [2.75, 3.05) is 0 Å². The molecule has 0 unspecified atom stereocenters. The molecule has 0 N–H and O–H groups in total. The van der Waals surface area contributed by atoms with Gasteiger partial charge in [-0.15, -0.1) is 0 Å². The lowest BCUT2D eigenvalue weighted by Gasteiger charge is -2.12. The highest BCUT2D eigenvalue weighted by molar-refractivity contribution is 5.22. The van der Waals surface area contributed by atoms with E-state index in [0.717, 1.165) is 5.69 Å². The van der Waals surface area contributed by atoms with Crippen molar-refractivity contribution in [3.8, 4) is 0 Å². The molecule has 15 heavy (non-hydrogen) atoms. The lowest BCUT2D eigenvalue weighted by molar-refractivity contribution is -0.134. The molecule has 84 valence electrons. The smallest absolute Gasteiger partial charge is 0.261 e. The van der Waals surface area contributed by atoms with Gasteiger partial charge in [-0.25, -0.2) is 0 Å². The summed E-state index contributed by atoms with van der Waals surface area (Å²) >= 11 is 0. The lowest BCUT2D eigenvalue weighted by Crippen LogP contribution is -2.10. The first-order chi connectivity index (χ1) is 6.90. The van der Waals surface area contributed by atoms with E-state index in [4.69, 9.17) is 0 Å². The summed E-state index contributed by atoms with van der Waals surface area (Å²) in [4.78, 5) is 4.11. The molecule has 0 fully saturated rings. The van der Waals surface area contributed by atoms with E-state index in [1.165, 1.54) is 0 Å². The monoisotopic (exact) mass is 217 g/mol. The number of nitrogens with zero attached hydrogens (tertiary/aromatic N) is 1. The van der Waals surface area contributed by atoms with Crippen molar-refractivity contribution < 1.29 is 13.2 Å². The maximum atomic E-state index is 12.1. The molecule has 0 saturated heterocycles. The summed E-state index contributed by atoms with van der Waals surface area (Å²) in [5.74, 6) is 0.162. The second-order valence-electron chi connectivity index (χ2n) is 3.82. The van der Waals surface area contributed by atoms with Gasteiger partial charge < -0.3 is 0 Å². The highest BCUT2D eigenvalue weighted by Gasteiger charge is 2.27. The van der Waals surface area contributed by atoms with E-state index < -0.39 is 12.6 Å². The minimum Gasteiger partial charge on any atom is -0.261 e. The summed E-state index contributed by atoms with van der Waals surface area (Å²) in [5, 5.41) is 0. The molecular formula is C11H14F3N. The fourth-order valence-electron chi connectivity index (χ4n) is 1.46. The molecule has 0 spiro atoms. The standard InChI is InChI=1S/C11H14F3N/c1-8(2)10-9(4-3-7-15-10)5-6-11(12,13)14/h3-4,7-8H,5-6H2,1-2H3. The van der Waals surface area contributed by atoms with Crippen molar-refractivity contribution in [2.45, 2.75) is 38.8 Å². The van der Waals surface area contributed by atoms with Gasteiger partial charge in [0, 0.05) is 18.3 Å². The van der Waals surface area contributed by atoms with Crippen LogP contribution in [0.2, 0.25) is 0 Å². The van der Waals surface area contributed by atoms with E-state index in [1.807, 2.05) is 13.8 Å². The van der Waals surface area contributed by atoms with Crippen molar-refractivity contribution in [3.05, 3.63) is 29.6 Å². The average molecular weight is 217 g/mol. The fourth-order valence-corrected chi connectivity index (χ4v) is 1.46. The number of aryl methyl sites for hydroxylation is 1. The summed E-state index contributed by atoms with van der Waals surface area (Å²) in [6, 6.07) is 3.39. The third kappa shape index (κ3) is 3.90. The van der Waals surface area contributed by atoms with Crippen LogP contribution in [0.15, 0.2) is 18.3 Å². The molecule has 1 aromatic rings. The number of aromatic nitrogens is 1. The predicted molar refractivity (Wildman–Crippen MR) is 52.7 cm³/mol. The molecule has 0 aliphatic heterocycles. The van der Waals surface area contributed by atoms with Crippen LogP contribution in [0.3, 0.4) is 0 Å². The first kappa shape index (κ1) is 12.0. The van der Waals surface area contributed by atoms with Gasteiger partial charge in [0.15, 0.2) is 0 Å².